The van der Waals surface area contributed by atoms with Gasteiger partial charge in [-0.1, -0.05) is 25.7 Å². The van der Waals surface area contributed by atoms with E-state index in [0.29, 0.717) is 6.54 Å². The van der Waals surface area contributed by atoms with Crippen LogP contribution in [0.5, 0.6) is 0 Å². The molecule has 1 aromatic rings. The maximum absolute atomic E-state index is 11.1. The SMILES string of the molecule is NC(=O)c1cc(NCC2(O)CCCCCC2)ccn1. The summed E-state index contributed by atoms with van der Waals surface area (Å²) in [7, 11) is 0. The first kappa shape index (κ1) is 13.8. The number of hydrogen-bond donors (Lipinski definition) is 3. The highest BCUT2D eigenvalue weighted by Gasteiger charge is 2.27. The zero-order valence-electron chi connectivity index (χ0n) is 11.1. The summed E-state index contributed by atoms with van der Waals surface area (Å²) in [6, 6.07) is 3.38. The fourth-order valence-corrected chi connectivity index (χ4v) is 2.51. The van der Waals surface area contributed by atoms with Crippen LogP contribution in [-0.2, 0) is 0 Å². The van der Waals surface area contributed by atoms with Crippen molar-refractivity contribution >= 4 is 11.6 Å². The second kappa shape index (κ2) is 6.02. The van der Waals surface area contributed by atoms with Crippen LogP contribution >= 0.6 is 0 Å². The molecule has 5 heteroatoms. The molecule has 5 nitrogen and oxygen atoms in total. The number of anilines is 1. The maximum Gasteiger partial charge on any atom is 0.267 e. The Balaban J connectivity index is 1.97. The molecule has 0 spiro atoms. The molecule has 4 N–H and O–H groups in total. The standard InChI is InChI=1S/C14H21N3O2/c15-13(18)12-9-11(5-8-16-12)17-10-14(19)6-3-1-2-4-7-14/h5,8-9,19H,1-4,6-7,10H2,(H2,15,18)(H,16,17). The van der Waals surface area contributed by atoms with Gasteiger partial charge in [0.25, 0.3) is 5.91 Å². The van der Waals surface area contributed by atoms with Crippen LogP contribution < -0.4 is 11.1 Å². The number of pyridine rings is 1. The molecule has 1 aromatic heterocycles. The summed E-state index contributed by atoms with van der Waals surface area (Å²) >= 11 is 0. The first-order chi connectivity index (χ1) is 9.09. The van der Waals surface area contributed by atoms with Crippen molar-refractivity contribution in [2.45, 2.75) is 44.1 Å². The highest BCUT2D eigenvalue weighted by atomic mass is 16.3. The summed E-state index contributed by atoms with van der Waals surface area (Å²) in [5.74, 6) is -0.545. The topological polar surface area (TPSA) is 88.2 Å². The van der Waals surface area contributed by atoms with Gasteiger partial charge in [-0.25, -0.2) is 0 Å². The zero-order chi connectivity index (χ0) is 13.7. The van der Waals surface area contributed by atoms with Crippen LogP contribution in [-0.4, -0.2) is 28.1 Å². The molecule has 1 aliphatic rings. The van der Waals surface area contributed by atoms with E-state index in [4.69, 9.17) is 5.73 Å². The molecular formula is C14H21N3O2. The number of rotatable bonds is 4. The Morgan fingerprint density at radius 1 is 1.37 bits per heavy atom. The summed E-state index contributed by atoms with van der Waals surface area (Å²) in [6.45, 7) is 0.495. The van der Waals surface area contributed by atoms with Gasteiger partial charge in [0.15, 0.2) is 0 Å². The fraction of sp³-hybridized carbons (Fsp3) is 0.571. The van der Waals surface area contributed by atoms with Crippen LogP contribution in [0.4, 0.5) is 5.69 Å². The molecule has 104 valence electrons. The van der Waals surface area contributed by atoms with Crippen molar-refractivity contribution < 1.29 is 9.90 Å². The lowest BCUT2D eigenvalue weighted by Crippen LogP contribution is -2.36. The lowest BCUT2D eigenvalue weighted by molar-refractivity contribution is 0.0381. The molecule has 1 amide bonds. The van der Waals surface area contributed by atoms with E-state index in [9.17, 15) is 9.90 Å². The number of hydrogen-bond acceptors (Lipinski definition) is 4. The molecule has 0 unspecified atom stereocenters. The monoisotopic (exact) mass is 263 g/mol. The Kier molecular flexibility index (Phi) is 4.37. The quantitative estimate of drug-likeness (QED) is 0.721. The van der Waals surface area contributed by atoms with Crippen LogP contribution in [0, 0.1) is 0 Å². The van der Waals surface area contributed by atoms with Gasteiger partial charge in [0, 0.05) is 18.4 Å². The Labute approximate surface area is 113 Å². The molecule has 0 atom stereocenters. The number of aliphatic hydroxyl groups is 1. The third-order valence-corrected chi connectivity index (χ3v) is 3.67. The average Bonchev–Trinajstić information content (AvgIpc) is 2.62. The molecule has 0 saturated heterocycles. The Bertz CT molecular complexity index is 440. The van der Waals surface area contributed by atoms with E-state index in [-0.39, 0.29) is 5.69 Å². The zero-order valence-corrected chi connectivity index (χ0v) is 11.1. The minimum absolute atomic E-state index is 0.234. The summed E-state index contributed by atoms with van der Waals surface area (Å²) in [4.78, 5) is 14.9. The first-order valence-corrected chi connectivity index (χ1v) is 6.81. The highest BCUT2D eigenvalue weighted by molar-refractivity contribution is 5.91. The van der Waals surface area contributed by atoms with Crippen molar-refractivity contribution in [3.63, 3.8) is 0 Å². The molecule has 19 heavy (non-hydrogen) atoms. The number of carbonyl (C=O) groups excluding carboxylic acids is 1. The third kappa shape index (κ3) is 3.92. The largest absolute Gasteiger partial charge is 0.388 e. The lowest BCUT2D eigenvalue weighted by atomic mass is 9.94. The van der Waals surface area contributed by atoms with Gasteiger partial charge in [0.1, 0.15) is 5.69 Å². The van der Waals surface area contributed by atoms with Crippen LogP contribution in [0.2, 0.25) is 0 Å². The molecular weight excluding hydrogens is 242 g/mol. The van der Waals surface area contributed by atoms with E-state index < -0.39 is 11.5 Å². The second-order valence-electron chi connectivity index (χ2n) is 5.29. The van der Waals surface area contributed by atoms with Crippen molar-refractivity contribution in [1.29, 1.82) is 0 Å². The molecule has 0 radical (unpaired) electrons. The van der Waals surface area contributed by atoms with Gasteiger partial charge in [-0.15, -0.1) is 0 Å². The molecule has 2 rings (SSSR count). The van der Waals surface area contributed by atoms with Crippen LogP contribution in [0.15, 0.2) is 18.3 Å². The summed E-state index contributed by atoms with van der Waals surface area (Å²) < 4.78 is 0. The predicted molar refractivity (Wildman–Crippen MR) is 73.9 cm³/mol. The Hall–Kier alpha value is -1.62. The van der Waals surface area contributed by atoms with Crippen molar-refractivity contribution in [1.82, 2.24) is 4.98 Å². The van der Waals surface area contributed by atoms with Crippen molar-refractivity contribution in [3.05, 3.63) is 24.0 Å². The maximum atomic E-state index is 11.1. The third-order valence-electron chi connectivity index (χ3n) is 3.67. The molecule has 1 aliphatic carbocycles. The number of amides is 1. The van der Waals surface area contributed by atoms with Gasteiger partial charge in [-0.05, 0) is 25.0 Å². The first-order valence-electron chi connectivity index (χ1n) is 6.81. The van der Waals surface area contributed by atoms with E-state index in [1.54, 1.807) is 18.3 Å². The number of carbonyl (C=O) groups is 1. The predicted octanol–water partition coefficient (Wildman–Crippen LogP) is 1.68. The molecule has 1 fully saturated rings. The van der Waals surface area contributed by atoms with E-state index in [1.165, 1.54) is 12.8 Å². The normalized spacial score (nSPS) is 18.6. The van der Waals surface area contributed by atoms with Gasteiger partial charge >= 0.3 is 0 Å². The number of nitrogens with zero attached hydrogens (tertiary/aromatic N) is 1. The molecule has 1 saturated carbocycles. The van der Waals surface area contributed by atoms with Gasteiger partial charge in [0.2, 0.25) is 0 Å². The van der Waals surface area contributed by atoms with Gasteiger partial charge in [-0.2, -0.15) is 0 Å². The number of nitrogens with two attached hydrogens (primary N) is 1. The van der Waals surface area contributed by atoms with Gasteiger partial charge in [-0.3, -0.25) is 9.78 Å². The molecule has 0 bridgehead atoms. The van der Waals surface area contributed by atoms with Gasteiger partial charge < -0.3 is 16.2 Å². The average molecular weight is 263 g/mol. The minimum atomic E-state index is -0.646. The molecule has 1 heterocycles. The molecule has 0 aliphatic heterocycles. The van der Waals surface area contributed by atoms with Crippen LogP contribution in [0.1, 0.15) is 49.0 Å². The minimum Gasteiger partial charge on any atom is -0.388 e. The summed E-state index contributed by atoms with van der Waals surface area (Å²) in [5.41, 5.74) is 5.54. The Morgan fingerprint density at radius 2 is 2.05 bits per heavy atom. The smallest absolute Gasteiger partial charge is 0.267 e. The van der Waals surface area contributed by atoms with Crippen LogP contribution in [0.3, 0.4) is 0 Å². The summed E-state index contributed by atoms with van der Waals surface area (Å²) in [6.07, 6.45) is 7.73. The Morgan fingerprint density at radius 3 is 2.68 bits per heavy atom. The number of primary amides is 1. The summed E-state index contributed by atoms with van der Waals surface area (Å²) in [5, 5.41) is 13.7. The van der Waals surface area contributed by atoms with Crippen LogP contribution in [0.25, 0.3) is 0 Å². The van der Waals surface area contributed by atoms with E-state index in [0.717, 1.165) is 31.4 Å². The second-order valence-corrected chi connectivity index (χ2v) is 5.29. The van der Waals surface area contributed by atoms with E-state index in [1.807, 2.05) is 0 Å². The number of nitrogens with one attached hydrogen (secondary N) is 1. The van der Waals surface area contributed by atoms with E-state index >= 15 is 0 Å². The van der Waals surface area contributed by atoms with Crippen molar-refractivity contribution in [3.8, 4) is 0 Å². The van der Waals surface area contributed by atoms with Crippen molar-refractivity contribution in [2.24, 2.45) is 5.73 Å². The fourth-order valence-electron chi connectivity index (χ4n) is 2.51. The molecule has 0 aromatic carbocycles. The highest BCUT2D eigenvalue weighted by Crippen LogP contribution is 2.27. The van der Waals surface area contributed by atoms with Gasteiger partial charge in [0.05, 0.1) is 5.60 Å². The van der Waals surface area contributed by atoms with E-state index in [2.05, 4.69) is 10.3 Å². The number of aromatic nitrogens is 1. The van der Waals surface area contributed by atoms with Crippen molar-refractivity contribution in [2.75, 3.05) is 11.9 Å². The lowest BCUT2D eigenvalue weighted by Gasteiger charge is -2.27.